The fourth-order valence-electron chi connectivity index (χ4n) is 3.64. The van der Waals surface area contributed by atoms with Crippen LogP contribution in [0.25, 0.3) is 10.9 Å². The summed E-state index contributed by atoms with van der Waals surface area (Å²) >= 11 is 0. The van der Waals surface area contributed by atoms with Gasteiger partial charge in [-0.05, 0) is 43.7 Å². The summed E-state index contributed by atoms with van der Waals surface area (Å²) in [5, 5.41) is 1.19. The van der Waals surface area contributed by atoms with Gasteiger partial charge in [0.2, 0.25) is 0 Å². The number of likely N-dealkylation sites (tertiary alicyclic amines) is 1. The van der Waals surface area contributed by atoms with Crippen molar-refractivity contribution in [2.75, 3.05) is 13.1 Å². The molecule has 0 unspecified atom stereocenters. The van der Waals surface area contributed by atoms with Gasteiger partial charge in [-0.1, -0.05) is 24.3 Å². The highest BCUT2D eigenvalue weighted by Gasteiger charge is 2.26. The molecule has 1 aliphatic rings. The van der Waals surface area contributed by atoms with E-state index in [1.54, 1.807) is 6.92 Å². The first-order valence-electron chi connectivity index (χ1n) is 8.74. The zero-order chi connectivity index (χ0) is 17.2. The van der Waals surface area contributed by atoms with Crippen LogP contribution in [0.2, 0.25) is 0 Å². The summed E-state index contributed by atoms with van der Waals surface area (Å²) in [6.45, 7) is 3.32. The van der Waals surface area contributed by atoms with E-state index < -0.39 is 0 Å². The summed E-state index contributed by atoms with van der Waals surface area (Å²) in [5.74, 6) is 1.15. The van der Waals surface area contributed by atoms with Crippen molar-refractivity contribution >= 4 is 16.8 Å². The Bertz CT molecular complexity index is 889. The second-order valence-electron chi connectivity index (χ2n) is 6.69. The lowest BCUT2D eigenvalue weighted by atomic mass is 9.89. The molecule has 1 saturated heterocycles. The highest BCUT2D eigenvalue weighted by Crippen LogP contribution is 2.26. The van der Waals surface area contributed by atoms with E-state index in [1.165, 1.54) is 17.3 Å². The highest BCUT2D eigenvalue weighted by molar-refractivity contribution is 5.93. The zero-order valence-corrected chi connectivity index (χ0v) is 14.3. The van der Waals surface area contributed by atoms with Crippen molar-refractivity contribution < 1.29 is 9.21 Å². The molecule has 1 aliphatic heterocycles. The van der Waals surface area contributed by atoms with Gasteiger partial charge in [-0.3, -0.25) is 9.78 Å². The van der Waals surface area contributed by atoms with Crippen LogP contribution in [0, 0.1) is 12.8 Å². The molecule has 3 aromatic rings. The number of aryl methyl sites for hydroxylation is 1. The third-order valence-corrected chi connectivity index (χ3v) is 5.07. The number of hydrogen-bond donors (Lipinski definition) is 0. The van der Waals surface area contributed by atoms with Gasteiger partial charge in [-0.25, -0.2) is 4.98 Å². The minimum Gasteiger partial charge on any atom is -0.448 e. The smallest absolute Gasteiger partial charge is 0.276 e. The molecule has 1 aromatic carbocycles. The van der Waals surface area contributed by atoms with E-state index in [9.17, 15) is 4.79 Å². The Morgan fingerprint density at radius 1 is 1.20 bits per heavy atom. The van der Waals surface area contributed by atoms with Crippen molar-refractivity contribution in [3.8, 4) is 0 Å². The van der Waals surface area contributed by atoms with Gasteiger partial charge in [0.25, 0.3) is 5.91 Å². The molecule has 25 heavy (non-hydrogen) atoms. The molecule has 128 valence electrons. The van der Waals surface area contributed by atoms with Gasteiger partial charge in [0, 0.05) is 24.7 Å². The van der Waals surface area contributed by atoms with Crippen LogP contribution in [0.1, 0.15) is 34.7 Å². The summed E-state index contributed by atoms with van der Waals surface area (Å²) in [4.78, 5) is 23.0. The Labute approximate surface area is 146 Å². The minimum absolute atomic E-state index is 0.0171. The standard InChI is InChI=1S/C20H21N3O2/c1-14-18(22-13-25-14)20(24)23-10-7-15(8-11-23)12-17-5-2-4-16-6-3-9-21-19(16)17/h2-6,9,13,15H,7-8,10-12H2,1H3. The number of hydrogen-bond acceptors (Lipinski definition) is 4. The number of fused-ring (bicyclic) bond motifs is 1. The quantitative estimate of drug-likeness (QED) is 0.733. The lowest BCUT2D eigenvalue weighted by Crippen LogP contribution is -2.39. The van der Waals surface area contributed by atoms with Crippen LogP contribution >= 0.6 is 0 Å². The minimum atomic E-state index is -0.0171. The van der Waals surface area contributed by atoms with Crippen molar-refractivity contribution in [3.63, 3.8) is 0 Å². The lowest BCUT2D eigenvalue weighted by Gasteiger charge is -2.31. The maximum Gasteiger partial charge on any atom is 0.276 e. The molecule has 5 heteroatoms. The number of carbonyl (C=O) groups is 1. The maximum absolute atomic E-state index is 12.5. The van der Waals surface area contributed by atoms with Crippen LogP contribution in [-0.4, -0.2) is 33.9 Å². The number of amides is 1. The van der Waals surface area contributed by atoms with E-state index in [0.29, 0.717) is 17.4 Å². The molecular weight excluding hydrogens is 314 g/mol. The molecule has 2 aromatic heterocycles. The molecule has 1 amide bonds. The molecule has 0 N–H and O–H groups in total. The van der Waals surface area contributed by atoms with E-state index in [2.05, 4.69) is 34.2 Å². The number of carbonyl (C=O) groups excluding carboxylic acids is 1. The van der Waals surface area contributed by atoms with Gasteiger partial charge >= 0.3 is 0 Å². The van der Waals surface area contributed by atoms with Gasteiger partial charge < -0.3 is 9.32 Å². The Morgan fingerprint density at radius 2 is 2.00 bits per heavy atom. The van der Waals surface area contributed by atoms with Gasteiger partial charge in [0.05, 0.1) is 5.52 Å². The number of aromatic nitrogens is 2. The summed E-state index contributed by atoms with van der Waals surface area (Å²) in [6.07, 6.45) is 6.22. The second kappa shape index (κ2) is 6.67. The van der Waals surface area contributed by atoms with E-state index in [1.807, 2.05) is 17.2 Å². The largest absolute Gasteiger partial charge is 0.448 e. The van der Waals surface area contributed by atoms with E-state index in [-0.39, 0.29) is 5.91 Å². The van der Waals surface area contributed by atoms with Crippen LogP contribution in [0.3, 0.4) is 0 Å². The van der Waals surface area contributed by atoms with Crippen molar-refractivity contribution in [1.29, 1.82) is 0 Å². The molecular formula is C20H21N3O2. The number of nitrogens with zero attached hydrogens (tertiary/aromatic N) is 3. The predicted octanol–water partition coefficient (Wildman–Crippen LogP) is 3.63. The molecule has 0 bridgehead atoms. The molecule has 4 rings (SSSR count). The Balaban J connectivity index is 1.42. The van der Waals surface area contributed by atoms with Crippen LogP contribution in [0.5, 0.6) is 0 Å². The molecule has 0 atom stereocenters. The van der Waals surface area contributed by atoms with Gasteiger partial charge in [-0.2, -0.15) is 0 Å². The summed E-state index contributed by atoms with van der Waals surface area (Å²) in [6, 6.07) is 10.5. The molecule has 1 fully saturated rings. The van der Waals surface area contributed by atoms with Crippen molar-refractivity contribution in [3.05, 3.63) is 59.9 Å². The highest BCUT2D eigenvalue weighted by atomic mass is 16.3. The van der Waals surface area contributed by atoms with Gasteiger partial charge in [0.15, 0.2) is 12.1 Å². The first-order valence-corrected chi connectivity index (χ1v) is 8.74. The average Bonchev–Trinajstić information content (AvgIpc) is 3.08. The first-order chi connectivity index (χ1) is 12.2. The number of benzene rings is 1. The Morgan fingerprint density at radius 3 is 2.76 bits per heavy atom. The van der Waals surface area contributed by atoms with E-state index >= 15 is 0 Å². The lowest BCUT2D eigenvalue weighted by molar-refractivity contribution is 0.0683. The monoisotopic (exact) mass is 335 g/mol. The number of piperidine rings is 1. The zero-order valence-electron chi connectivity index (χ0n) is 14.3. The number of oxazole rings is 1. The Kier molecular flexibility index (Phi) is 4.22. The van der Waals surface area contributed by atoms with Crippen molar-refractivity contribution in [2.45, 2.75) is 26.2 Å². The summed E-state index contributed by atoms with van der Waals surface area (Å²) in [7, 11) is 0. The third kappa shape index (κ3) is 3.14. The average molecular weight is 335 g/mol. The molecule has 0 radical (unpaired) electrons. The van der Waals surface area contributed by atoms with Crippen LogP contribution in [-0.2, 0) is 6.42 Å². The second-order valence-corrected chi connectivity index (χ2v) is 6.69. The number of pyridine rings is 1. The number of rotatable bonds is 3. The predicted molar refractivity (Wildman–Crippen MR) is 95.3 cm³/mol. The third-order valence-electron chi connectivity index (χ3n) is 5.07. The van der Waals surface area contributed by atoms with Gasteiger partial charge in [-0.15, -0.1) is 0 Å². The first kappa shape index (κ1) is 15.8. The molecule has 5 nitrogen and oxygen atoms in total. The van der Waals surface area contributed by atoms with Crippen molar-refractivity contribution in [1.82, 2.24) is 14.9 Å². The number of para-hydroxylation sites is 1. The fraction of sp³-hybridized carbons (Fsp3) is 0.350. The van der Waals surface area contributed by atoms with Crippen LogP contribution < -0.4 is 0 Å². The van der Waals surface area contributed by atoms with Gasteiger partial charge in [0.1, 0.15) is 5.76 Å². The van der Waals surface area contributed by atoms with Crippen LogP contribution in [0.4, 0.5) is 0 Å². The topological polar surface area (TPSA) is 59.2 Å². The van der Waals surface area contributed by atoms with E-state index in [0.717, 1.165) is 37.9 Å². The summed E-state index contributed by atoms with van der Waals surface area (Å²) in [5.41, 5.74) is 2.84. The van der Waals surface area contributed by atoms with E-state index in [4.69, 9.17) is 4.42 Å². The fourth-order valence-corrected chi connectivity index (χ4v) is 3.64. The summed E-state index contributed by atoms with van der Waals surface area (Å²) < 4.78 is 5.15. The maximum atomic E-state index is 12.5. The van der Waals surface area contributed by atoms with Crippen molar-refractivity contribution in [2.24, 2.45) is 5.92 Å². The SMILES string of the molecule is Cc1ocnc1C(=O)N1CCC(Cc2cccc3cccnc23)CC1. The van der Waals surface area contributed by atoms with Crippen LogP contribution in [0.15, 0.2) is 47.3 Å². The molecule has 0 saturated carbocycles. The molecule has 0 spiro atoms. The normalized spacial score (nSPS) is 15.6. The Hall–Kier alpha value is -2.69. The molecule has 3 heterocycles. The molecule has 0 aliphatic carbocycles.